The van der Waals surface area contributed by atoms with Crippen LogP contribution in [0.25, 0.3) is 0 Å². The first-order chi connectivity index (χ1) is 23.5. The number of nitrogens with one attached hydrogen (secondary N) is 4. The Labute approximate surface area is 288 Å². The molecule has 2 aromatic carbocycles. The van der Waals surface area contributed by atoms with Crippen LogP contribution in [0.4, 0.5) is 32.6 Å². The second kappa shape index (κ2) is 19.7. The van der Waals surface area contributed by atoms with Crippen molar-refractivity contribution in [3.05, 3.63) is 70.6 Å². The monoisotopic (exact) mass is 678 g/mol. The van der Waals surface area contributed by atoms with E-state index in [2.05, 4.69) is 61.8 Å². The van der Waals surface area contributed by atoms with Gasteiger partial charge in [-0.3, -0.25) is 15.1 Å². The maximum absolute atomic E-state index is 12.4. The predicted molar refractivity (Wildman–Crippen MR) is 190 cm³/mol. The molecule has 1 aromatic heterocycles. The van der Waals surface area contributed by atoms with Crippen molar-refractivity contribution in [1.82, 2.24) is 20.6 Å². The molecule has 0 aliphatic rings. The Morgan fingerprint density at radius 1 is 1.00 bits per heavy atom. The second-order valence-corrected chi connectivity index (χ2v) is 12.5. The zero-order valence-corrected chi connectivity index (χ0v) is 29.4. The lowest BCUT2D eigenvalue weighted by Crippen LogP contribution is -2.35. The summed E-state index contributed by atoms with van der Waals surface area (Å²) in [6.07, 6.45) is 1.12. The third kappa shape index (κ3) is 14.8. The largest absolute Gasteiger partial charge is 0.491 e. The number of hydrogen-bond donors (Lipinski definition) is 4. The van der Waals surface area contributed by atoms with Gasteiger partial charge in [-0.05, 0) is 86.6 Å². The zero-order chi connectivity index (χ0) is 35.6. The topological polar surface area (TPSA) is 172 Å². The molecule has 0 saturated carbocycles. The van der Waals surface area contributed by atoms with Gasteiger partial charge in [0.1, 0.15) is 19.0 Å². The molecule has 0 aliphatic carbocycles. The molecule has 3 aromatic rings. The fourth-order valence-electron chi connectivity index (χ4n) is 5.14. The van der Waals surface area contributed by atoms with Crippen LogP contribution < -0.4 is 31.1 Å². The summed E-state index contributed by atoms with van der Waals surface area (Å²) in [5.74, 6) is 1.03. The fourth-order valence-corrected chi connectivity index (χ4v) is 5.14. The van der Waals surface area contributed by atoms with Gasteiger partial charge in [-0.25, -0.2) is 14.6 Å². The number of likely N-dealkylation sites (N-methyl/N-ethyl adjacent to an activating group) is 1. The second-order valence-electron chi connectivity index (χ2n) is 12.5. The quantitative estimate of drug-likeness (QED) is 0.0841. The summed E-state index contributed by atoms with van der Waals surface area (Å²) in [6.45, 7) is 13.5. The highest BCUT2D eigenvalue weighted by atomic mass is 16.5. The van der Waals surface area contributed by atoms with E-state index in [9.17, 15) is 14.4 Å². The third-order valence-corrected chi connectivity index (χ3v) is 7.55. The molecule has 49 heavy (non-hydrogen) atoms. The molecular weight excluding hydrogens is 628 g/mol. The van der Waals surface area contributed by atoms with Crippen molar-refractivity contribution in [3.8, 4) is 5.75 Å². The summed E-state index contributed by atoms with van der Waals surface area (Å²) in [6, 6.07) is 16.0. The lowest BCUT2D eigenvalue weighted by atomic mass is 9.80. The van der Waals surface area contributed by atoms with E-state index in [1.165, 1.54) is 6.07 Å². The van der Waals surface area contributed by atoms with Crippen LogP contribution in [0.1, 0.15) is 46.2 Å². The molecule has 3 rings (SSSR count). The van der Waals surface area contributed by atoms with Crippen molar-refractivity contribution in [3.63, 3.8) is 0 Å². The number of carbonyl (C=O) groups excluding carboxylic acids is 2. The number of alkyl carbamates (subject to hydrolysis) is 1. The Morgan fingerprint density at radius 3 is 2.31 bits per heavy atom. The Morgan fingerprint density at radius 2 is 1.67 bits per heavy atom. The van der Waals surface area contributed by atoms with E-state index >= 15 is 0 Å². The summed E-state index contributed by atoms with van der Waals surface area (Å²) < 4.78 is 16.0. The van der Waals surface area contributed by atoms with Crippen molar-refractivity contribution < 1.29 is 23.8 Å². The van der Waals surface area contributed by atoms with Gasteiger partial charge in [0.2, 0.25) is 5.95 Å². The van der Waals surface area contributed by atoms with Gasteiger partial charge in [0.25, 0.3) is 5.56 Å². The minimum atomic E-state index is -0.452. The summed E-state index contributed by atoms with van der Waals surface area (Å²) in [5.41, 5.74) is 2.55. The molecule has 3 amide bonds. The number of azo groups is 1. The minimum absolute atomic E-state index is 0.0808. The SMILES string of the molecule is CCN(CCOC(=O)NCCC(C)(C)CC(C)CNC(=O)Nc1nc(C)cc(=O)[nH]1)c1ccc(N=Nc2ccc(OCCOC)cc2)cc1. The van der Waals surface area contributed by atoms with E-state index in [0.29, 0.717) is 38.5 Å². The van der Waals surface area contributed by atoms with E-state index in [-0.39, 0.29) is 29.4 Å². The minimum Gasteiger partial charge on any atom is -0.491 e. The summed E-state index contributed by atoms with van der Waals surface area (Å²) in [5, 5.41) is 16.8. The Bertz CT molecular complexity index is 1540. The van der Waals surface area contributed by atoms with Crippen molar-refractivity contribution >= 4 is 35.1 Å². The van der Waals surface area contributed by atoms with E-state index in [1.54, 1.807) is 14.0 Å². The first-order valence-electron chi connectivity index (χ1n) is 16.5. The van der Waals surface area contributed by atoms with Crippen LogP contribution in [0.3, 0.4) is 0 Å². The van der Waals surface area contributed by atoms with Gasteiger partial charge in [-0.1, -0.05) is 20.8 Å². The maximum Gasteiger partial charge on any atom is 0.407 e. The van der Waals surface area contributed by atoms with Crippen molar-refractivity contribution in [2.24, 2.45) is 21.6 Å². The molecule has 0 fully saturated rings. The van der Waals surface area contributed by atoms with Crippen LogP contribution in [-0.4, -0.2) is 75.2 Å². The molecular formula is C35H50N8O6. The highest BCUT2D eigenvalue weighted by Crippen LogP contribution is 2.29. The number of aromatic amines is 1. The maximum atomic E-state index is 12.4. The number of urea groups is 1. The molecule has 14 nitrogen and oxygen atoms in total. The number of hydrogen-bond acceptors (Lipinski definition) is 10. The molecule has 4 N–H and O–H groups in total. The number of rotatable bonds is 19. The fraction of sp³-hybridized carbons (Fsp3) is 0.486. The van der Waals surface area contributed by atoms with Gasteiger partial charge < -0.3 is 29.7 Å². The molecule has 0 radical (unpaired) electrons. The summed E-state index contributed by atoms with van der Waals surface area (Å²) >= 11 is 0. The van der Waals surface area contributed by atoms with Crippen LogP contribution in [0.2, 0.25) is 0 Å². The molecule has 0 spiro atoms. The number of aryl methyl sites for hydroxylation is 1. The van der Waals surface area contributed by atoms with E-state index < -0.39 is 12.1 Å². The average Bonchev–Trinajstić information content (AvgIpc) is 3.05. The molecule has 1 heterocycles. The number of aromatic nitrogens is 2. The lowest BCUT2D eigenvalue weighted by molar-refractivity contribution is 0.146. The van der Waals surface area contributed by atoms with Gasteiger partial charge in [0, 0.05) is 44.2 Å². The lowest BCUT2D eigenvalue weighted by Gasteiger charge is -2.28. The number of anilines is 2. The van der Waals surface area contributed by atoms with E-state index in [4.69, 9.17) is 14.2 Å². The van der Waals surface area contributed by atoms with E-state index in [0.717, 1.165) is 42.2 Å². The van der Waals surface area contributed by atoms with E-state index in [1.807, 2.05) is 55.5 Å². The first kappa shape index (κ1) is 38.5. The number of carbonyl (C=O) groups is 2. The Balaban J connectivity index is 1.32. The molecule has 266 valence electrons. The highest BCUT2D eigenvalue weighted by Gasteiger charge is 2.22. The number of nitrogens with zero attached hydrogens (tertiary/aromatic N) is 4. The highest BCUT2D eigenvalue weighted by molar-refractivity contribution is 5.87. The standard InChI is InChI=1S/C35H50N8O6/c1-7-43(29-12-8-27(9-13-29)41-42-28-10-14-30(15-11-28)48-21-20-47-6)18-19-49-34(46)36-17-16-35(4,5)23-25(2)24-37-33(45)40-32-38-26(3)22-31(44)39-32/h8-15,22,25H,7,16-21,23-24H2,1-6H3,(H,36,46)(H3,37,38,39,40,44,45). The number of H-pyrrole nitrogens is 1. The number of benzene rings is 2. The smallest absolute Gasteiger partial charge is 0.407 e. The van der Waals surface area contributed by atoms with Crippen molar-refractivity contribution in [2.45, 2.75) is 47.5 Å². The average molecular weight is 679 g/mol. The van der Waals surface area contributed by atoms with Gasteiger partial charge in [-0.2, -0.15) is 10.2 Å². The van der Waals surface area contributed by atoms with Crippen LogP contribution in [-0.2, 0) is 9.47 Å². The number of ether oxygens (including phenoxy) is 3. The molecule has 14 heteroatoms. The molecule has 1 atom stereocenters. The summed E-state index contributed by atoms with van der Waals surface area (Å²) in [4.78, 5) is 44.9. The molecule has 0 saturated heterocycles. The normalized spacial score (nSPS) is 12.0. The van der Waals surface area contributed by atoms with Gasteiger partial charge >= 0.3 is 12.1 Å². The van der Waals surface area contributed by atoms with Crippen LogP contribution in [0, 0.1) is 18.3 Å². The molecule has 1 unspecified atom stereocenters. The number of amides is 3. The Hall–Kier alpha value is -4.98. The van der Waals surface area contributed by atoms with Crippen molar-refractivity contribution in [1.29, 1.82) is 0 Å². The van der Waals surface area contributed by atoms with Gasteiger partial charge in [0.15, 0.2) is 0 Å². The first-order valence-corrected chi connectivity index (χ1v) is 16.5. The third-order valence-electron chi connectivity index (χ3n) is 7.55. The van der Waals surface area contributed by atoms with Gasteiger partial charge in [-0.15, -0.1) is 0 Å². The van der Waals surface area contributed by atoms with Crippen LogP contribution >= 0.6 is 0 Å². The van der Waals surface area contributed by atoms with Crippen molar-refractivity contribution in [2.75, 3.05) is 63.3 Å². The molecule has 0 bridgehead atoms. The Kier molecular flexibility index (Phi) is 15.5. The van der Waals surface area contributed by atoms with Gasteiger partial charge in [0.05, 0.1) is 24.5 Å². The summed E-state index contributed by atoms with van der Waals surface area (Å²) in [7, 11) is 1.63. The molecule has 0 aliphatic heterocycles. The van der Waals surface area contributed by atoms with Crippen LogP contribution in [0.5, 0.6) is 5.75 Å². The van der Waals surface area contributed by atoms with Crippen LogP contribution in [0.15, 0.2) is 69.6 Å². The number of methoxy groups -OCH3 is 1. The zero-order valence-electron chi connectivity index (χ0n) is 29.4. The predicted octanol–water partition coefficient (Wildman–Crippen LogP) is 6.34.